The molecule has 0 N–H and O–H groups in total. The van der Waals surface area contributed by atoms with Crippen LogP contribution < -0.4 is 4.74 Å². The molecule has 1 aromatic carbocycles. The molecule has 0 bridgehead atoms. The molecule has 3 heteroatoms. The van der Waals surface area contributed by atoms with Gasteiger partial charge in [0.15, 0.2) is 5.78 Å². The van der Waals surface area contributed by atoms with E-state index in [1.807, 2.05) is 18.2 Å². The summed E-state index contributed by atoms with van der Waals surface area (Å²) in [7, 11) is 3.90. The second-order valence-electron chi connectivity index (χ2n) is 4.99. The van der Waals surface area contributed by atoms with Crippen LogP contribution >= 0.6 is 0 Å². The molecule has 0 amide bonds. The zero-order valence-corrected chi connectivity index (χ0v) is 12.1. The van der Waals surface area contributed by atoms with Gasteiger partial charge in [-0.15, -0.1) is 0 Å². The number of Topliss-reactive ketones (excluding diaryl/α,β-unsaturated/α-hetero) is 1. The van der Waals surface area contributed by atoms with Crippen molar-refractivity contribution in [1.29, 1.82) is 0 Å². The highest BCUT2D eigenvalue weighted by molar-refractivity contribution is 5.94. The minimum absolute atomic E-state index is 0.0982. The maximum atomic E-state index is 11.5. The average Bonchev–Trinajstić information content (AvgIpc) is 2.38. The molecule has 0 aliphatic carbocycles. The Morgan fingerprint density at radius 1 is 1.28 bits per heavy atom. The van der Waals surface area contributed by atoms with Gasteiger partial charge in [-0.05, 0) is 39.0 Å². The van der Waals surface area contributed by atoms with Crippen molar-refractivity contribution in [2.24, 2.45) is 0 Å². The van der Waals surface area contributed by atoms with E-state index in [1.165, 1.54) is 0 Å². The molecule has 0 spiro atoms. The van der Waals surface area contributed by atoms with Crippen molar-refractivity contribution in [3.63, 3.8) is 0 Å². The molecule has 1 aromatic rings. The smallest absolute Gasteiger partial charge is 0.159 e. The number of quaternary nitrogens is 1. The van der Waals surface area contributed by atoms with E-state index in [9.17, 15) is 4.79 Å². The molecule has 0 atom stereocenters. The Balaban J connectivity index is 3.12. The van der Waals surface area contributed by atoms with Crippen LogP contribution in [0.3, 0.4) is 0 Å². The van der Waals surface area contributed by atoms with Gasteiger partial charge in [0.05, 0.1) is 27.2 Å². The zero-order valence-electron chi connectivity index (χ0n) is 12.1. The van der Waals surface area contributed by atoms with Crippen molar-refractivity contribution in [2.75, 3.05) is 27.2 Å². The lowest BCUT2D eigenvalue weighted by Crippen LogP contribution is -2.42. The van der Waals surface area contributed by atoms with E-state index in [-0.39, 0.29) is 5.78 Å². The normalized spacial score (nSPS) is 11.4. The first-order chi connectivity index (χ1) is 8.45. The van der Waals surface area contributed by atoms with Gasteiger partial charge < -0.3 is 9.22 Å². The van der Waals surface area contributed by atoms with Crippen molar-refractivity contribution in [2.45, 2.75) is 27.3 Å². The third kappa shape index (κ3) is 3.33. The molecule has 0 aliphatic heterocycles. The van der Waals surface area contributed by atoms with Gasteiger partial charge in [-0.2, -0.15) is 0 Å². The number of hydrogen-bond acceptors (Lipinski definition) is 2. The molecular weight excluding hydrogens is 226 g/mol. The Labute approximate surface area is 110 Å². The summed E-state index contributed by atoms with van der Waals surface area (Å²) in [6.07, 6.45) is 0. The Kier molecular flexibility index (Phi) is 4.91. The summed E-state index contributed by atoms with van der Waals surface area (Å²) in [4.78, 5) is 11.5. The molecule has 0 heterocycles. The Morgan fingerprint density at radius 2 is 1.89 bits per heavy atom. The number of methoxy groups -OCH3 is 1. The summed E-state index contributed by atoms with van der Waals surface area (Å²) in [5.41, 5.74) is 1.86. The highest BCUT2D eigenvalue weighted by Gasteiger charge is 2.20. The number of carbonyl (C=O) groups is 1. The number of hydrogen-bond donors (Lipinski definition) is 0. The first-order valence-corrected chi connectivity index (χ1v) is 6.47. The van der Waals surface area contributed by atoms with Gasteiger partial charge in [0.2, 0.25) is 0 Å². The molecule has 3 nitrogen and oxygen atoms in total. The predicted molar refractivity (Wildman–Crippen MR) is 74.0 cm³/mol. The minimum Gasteiger partial charge on any atom is -0.496 e. The van der Waals surface area contributed by atoms with E-state index in [0.29, 0.717) is 0 Å². The molecule has 0 radical (unpaired) electrons. The van der Waals surface area contributed by atoms with Crippen LogP contribution in [0.1, 0.15) is 36.7 Å². The van der Waals surface area contributed by atoms with Crippen LogP contribution in [0.25, 0.3) is 0 Å². The van der Waals surface area contributed by atoms with Crippen LogP contribution in [0, 0.1) is 0 Å². The first kappa shape index (κ1) is 14.7. The third-order valence-electron chi connectivity index (χ3n) is 3.77. The van der Waals surface area contributed by atoms with E-state index < -0.39 is 0 Å². The number of rotatable bonds is 6. The van der Waals surface area contributed by atoms with Crippen molar-refractivity contribution in [3.05, 3.63) is 29.3 Å². The van der Waals surface area contributed by atoms with Crippen LogP contribution in [0.2, 0.25) is 0 Å². The van der Waals surface area contributed by atoms with Gasteiger partial charge in [0, 0.05) is 11.1 Å². The van der Waals surface area contributed by atoms with Gasteiger partial charge in [-0.3, -0.25) is 4.79 Å². The van der Waals surface area contributed by atoms with Gasteiger partial charge >= 0.3 is 0 Å². The number of benzene rings is 1. The number of nitrogens with zero attached hydrogens (tertiary/aromatic N) is 1. The molecule has 18 heavy (non-hydrogen) atoms. The van der Waals surface area contributed by atoms with Crippen molar-refractivity contribution in [3.8, 4) is 5.75 Å². The van der Waals surface area contributed by atoms with E-state index >= 15 is 0 Å². The summed E-state index contributed by atoms with van der Waals surface area (Å²) in [5.74, 6) is 0.965. The van der Waals surface area contributed by atoms with Gasteiger partial charge in [0.25, 0.3) is 0 Å². The Hall–Kier alpha value is -1.35. The number of ether oxygens (including phenoxy) is 1. The van der Waals surface area contributed by atoms with E-state index in [1.54, 1.807) is 14.0 Å². The maximum absolute atomic E-state index is 11.5. The Bertz CT molecular complexity index is 423. The van der Waals surface area contributed by atoms with Gasteiger partial charge in [-0.1, -0.05) is 0 Å². The summed E-state index contributed by atoms with van der Waals surface area (Å²) in [5, 5.41) is 0. The lowest BCUT2D eigenvalue weighted by Gasteiger charge is -2.32. The SMILES string of the molecule is CC[N+](C)(CC)Cc1cc(C(C)=O)ccc1OC. The average molecular weight is 250 g/mol. The summed E-state index contributed by atoms with van der Waals surface area (Å²) >= 11 is 0. The molecular formula is C15H24NO2+. The molecule has 0 unspecified atom stereocenters. The molecule has 0 fully saturated rings. The summed E-state index contributed by atoms with van der Waals surface area (Å²) in [6.45, 7) is 8.97. The van der Waals surface area contributed by atoms with Crippen LogP contribution in [0.5, 0.6) is 5.75 Å². The topological polar surface area (TPSA) is 26.3 Å². The highest BCUT2D eigenvalue weighted by atomic mass is 16.5. The van der Waals surface area contributed by atoms with Crippen LogP contribution in [-0.4, -0.2) is 37.5 Å². The molecule has 0 aromatic heterocycles. The largest absolute Gasteiger partial charge is 0.496 e. The summed E-state index contributed by atoms with van der Waals surface area (Å²) in [6, 6.07) is 5.68. The van der Waals surface area contributed by atoms with E-state index in [2.05, 4.69) is 20.9 Å². The van der Waals surface area contributed by atoms with E-state index in [4.69, 9.17) is 4.74 Å². The third-order valence-corrected chi connectivity index (χ3v) is 3.77. The van der Waals surface area contributed by atoms with Crippen LogP contribution in [0.4, 0.5) is 0 Å². The van der Waals surface area contributed by atoms with Crippen LogP contribution in [-0.2, 0) is 6.54 Å². The van der Waals surface area contributed by atoms with Crippen molar-refractivity contribution >= 4 is 5.78 Å². The second-order valence-corrected chi connectivity index (χ2v) is 4.99. The minimum atomic E-state index is 0.0982. The molecule has 1 rings (SSSR count). The number of carbonyl (C=O) groups excluding carboxylic acids is 1. The van der Waals surface area contributed by atoms with Crippen LogP contribution in [0.15, 0.2) is 18.2 Å². The lowest BCUT2D eigenvalue weighted by atomic mass is 10.1. The number of ketones is 1. The van der Waals surface area contributed by atoms with Gasteiger partial charge in [-0.25, -0.2) is 0 Å². The Morgan fingerprint density at radius 3 is 2.33 bits per heavy atom. The first-order valence-electron chi connectivity index (χ1n) is 6.47. The molecule has 0 saturated carbocycles. The summed E-state index contributed by atoms with van der Waals surface area (Å²) < 4.78 is 6.34. The van der Waals surface area contributed by atoms with Crippen molar-refractivity contribution < 1.29 is 14.0 Å². The second kappa shape index (κ2) is 6.01. The quantitative estimate of drug-likeness (QED) is 0.573. The fraction of sp³-hybridized carbons (Fsp3) is 0.533. The maximum Gasteiger partial charge on any atom is 0.159 e. The molecule has 0 saturated heterocycles. The van der Waals surface area contributed by atoms with Crippen molar-refractivity contribution in [1.82, 2.24) is 0 Å². The predicted octanol–water partition coefficient (Wildman–Crippen LogP) is 2.88. The highest BCUT2D eigenvalue weighted by Crippen LogP contribution is 2.24. The standard InChI is InChI=1S/C15H24NO2/c1-6-16(4,7-2)11-14-10-13(12(3)17)8-9-15(14)18-5/h8-10H,6-7,11H2,1-5H3/q+1. The molecule has 0 aliphatic rings. The fourth-order valence-electron chi connectivity index (χ4n) is 1.98. The van der Waals surface area contributed by atoms with E-state index in [0.717, 1.165) is 41.0 Å². The van der Waals surface area contributed by atoms with Gasteiger partial charge in [0.1, 0.15) is 12.3 Å². The molecule has 100 valence electrons. The lowest BCUT2D eigenvalue weighted by molar-refractivity contribution is -0.919. The fourth-order valence-corrected chi connectivity index (χ4v) is 1.98. The monoisotopic (exact) mass is 250 g/mol. The zero-order chi connectivity index (χ0) is 13.8.